The zero-order chi connectivity index (χ0) is 13.7. The van der Waals surface area contributed by atoms with Gasteiger partial charge < -0.3 is 11.1 Å². The summed E-state index contributed by atoms with van der Waals surface area (Å²) < 4.78 is 0. The smallest absolute Gasteiger partial charge is 0.224 e. The van der Waals surface area contributed by atoms with Crippen molar-refractivity contribution in [3.05, 3.63) is 35.9 Å². The predicted molar refractivity (Wildman–Crippen MR) is 91.0 cm³/mol. The van der Waals surface area contributed by atoms with Crippen LogP contribution in [0.15, 0.2) is 30.3 Å². The van der Waals surface area contributed by atoms with E-state index in [0.717, 1.165) is 26.1 Å². The lowest BCUT2D eigenvalue weighted by Crippen LogP contribution is -2.41. The Balaban J connectivity index is 0.00000200. The summed E-state index contributed by atoms with van der Waals surface area (Å²) in [5.74, 6) is -0.0164. The maximum absolute atomic E-state index is 11.8. The minimum Gasteiger partial charge on any atom is -0.352 e. The number of nitrogens with two attached hydrogens (primary N) is 1. The predicted octanol–water partition coefficient (Wildman–Crippen LogP) is 1.82. The monoisotopic (exact) mass is 333 g/mol. The van der Waals surface area contributed by atoms with Gasteiger partial charge in [0.2, 0.25) is 5.91 Å². The highest BCUT2D eigenvalue weighted by Crippen LogP contribution is 2.13. The maximum atomic E-state index is 11.8. The Kier molecular flexibility index (Phi) is 9.62. The van der Waals surface area contributed by atoms with Crippen molar-refractivity contribution in [3.63, 3.8) is 0 Å². The van der Waals surface area contributed by atoms with Crippen molar-refractivity contribution >= 4 is 30.7 Å². The Labute approximate surface area is 139 Å². The van der Waals surface area contributed by atoms with Crippen LogP contribution in [0.3, 0.4) is 0 Å². The van der Waals surface area contributed by atoms with Gasteiger partial charge >= 0.3 is 0 Å². The van der Waals surface area contributed by atoms with Crippen molar-refractivity contribution in [2.75, 3.05) is 19.6 Å². The Morgan fingerprint density at radius 2 is 2.05 bits per heavy atom. The summed E-state index contributed by atoms with van der Waals surface area (Å²) in [5, 5.41) is 3.08. The second-order valence-electron chi connectivity index (χ2n) is 5.35. The second kappa shape index (κ2) is 10.0. The van der Waals surface area contributed by atoms with E-state index in [2.05, 4.69) is 34.5 Å². The lowest BCUT2D eigenvalue weighted by Gasteiger charge is -2.18. The van der Waals surface area contributed by atoms with E-state index >= 15 is 0 Å². The molecule has 1 aromatic carbocycles. The van der Waals surface area contributed by atoms with Gasteiger partial charge in [0.25, 0.3) is 0 Å². The van der Waals surface area contributed by atoms with Gasteiger partial charge in [-0.05, 0) is 12.0 Å². The highest BCUT2D eigenvalue weighted by atomic mass is 35.5. The van der Waals surface area contributed by atoms with E-state index in [4.69, 9.17) is 5.73 Å². The first-order valence-corrected chi connectivity index (χ1v) is 6.95. The molecule has 1 aromatic rings. The molecular weight excluding hydrogens is 309 g/mol. The molecule has 1 amide bonds. The molecule has 1 saturated heterocycles. The van der Waals surface area contributed by atoms with Crippen molar-refractivity contribution in [2.45, 2.75) is 25.9 Å². The molecule has 1 heterocycles. The molecule has 0 saturated carbocycles. The van der Waals surface area contributed by atoms with E-state index in [9.17, 15) is 4.79 Å². The number of nitrogens with zero attached hydrogens (tertiary/aromatic N) is 1. The molecular formula is C15H25Cl2N3O. The number of hydrogen-bond acceptors (Lipinski definition) is 3. The number of halogens is 2. The fourth-order valence-electron chi connectivity index (χ4n) is 2.39. The van der Waals surface area contributed by atoms with Crippen LogP contribution in [-0.4, -0.2) is 36.5 Å². The van der Waals surface area contributed by atoms with Gasteiger partial charge in [-0.1, -0.05) is 37.3 Å². The molecule has 120 valence electrons. The van der Waals surface area contributed by atoms with Gasteiger partial charge in [0.1, 0.15) is 0 Å². The summed E-state index contributed by atoms with van der Waals surface area (Å²) in [7, 11) is 0. The topological polar surface area (TPSA) is 58.4 Å². The third-order valence-electron chi connectivity index (χ3n) is 3.67. The standard InChI is InChI=1S/C15H23N3O.2ClH/c1-12(9-16)15(19)17-14-7-8-18(11-14)10-13-5-3-2-4-6-13;;/h2-6,12,14H,7-11,16H2,1H3,(H,17,19);2*1H. The van der Waals surface area contributed by atoms with E-state index < -0.39 is 0 Å². The van der Waals surface area contributed by atoms with Crippen LogP contribution in [0.25, 0.3) is 0 Å². The number of nitrogens with one attached hydrogen (secondary N) is 1. The molecule has 21 heavy (non-hydrogen) atoms. The van der Waals surface area contributed by atoms with Gasteiger partial charge in [-0.3, -0.25) is 9.69 Å². The third-order valence-corrected chi connectivity index (χ3v) is 3.67. The molecule has 1 aliphatic rings. The summed E-state index contributed by atoms with van der Waals surface area (Å²) in [6.45, 7) is 5.20. The number of carbonyl (C=O) groups is 1. The van der Waals surface area contributed by atoms with E-state index in [-0.39, 0.29) is 42.7 Å². The SMILES string of the molecule is CC(CN)C(=O)NC1CCN(Cc2ccccc2)C1.Cl.Cl. The zero-order valence-electron chi connectivity index (χ0n) is 12.3. The van der Waals surface area contributed by atoms with Crippen molar-refractivity contribution in [2.24, 2.45) is 11.7 Å². The van der Waals surface area contributed by atoms with E-state index in [0.29, 0.717) is 6.54 Å². The number of carbonyl (C=O) groups excluding carboxylic acids is 1. The molecule has 4 nitrogen and oxygen atoms in total. The Morgan fingerprint density at radius 1 is 1.38 bits per heavy atom. The molecule has 2 atom stereocenters. The molecule has 2 rings (SSSR count). The molecule has 0 aliphatic carbocycles. The quantitative estimate of drug-likeness (QED) is 0.864. The second-order valence-corrected chi connectivity index (χ2v) is 5.35. The third kappa shape index (κ3) is 6.22. The summed E-state index contributed by atoms with van der Waals surface area (Å²) in [5.41, 5.74) is 6.83. The van der Waals surface area contributed by atoms with Crippen LogP contribution in [0.2, 0.25) is 0 Å². The molecule has 6 heteroatoms. The van der Waals surface area contributed by atoms with Gasteiger partial charge in [-0.2, -0.15) is 0 Å². The van der Waals surface area contributed by atoms with Crippen molar-refractivity contribution in [1.82, 2.24) is 10.2 Å². The first-order valence-electron chi connectivity index (χ1n) is 6.95. The first kappa shape index (κ1) is 20.2. The molecule has 0 bridgehead atoms. The lowest BCUT2D eigenvalue weighted by molar-refractivity contribution is -0.124. The van der Waals surface area contributed by atoms with E-state index in [1.54, 1.807) is 0 Å². The number of hydrogen-bond donors (Lipinski definition) is 2. The molecule has 0 aromatic heterocycles. The number of amides is 1. The van der Waals surface area contributed by atoms with E-state index in [1.807, 2.05) is 13.0 Å². The molecule has 3 N–H and O–H groups in total. The van der Waals surface area contributed by atoms with Gasteiger partial charge in [-0.15, -0.1) is 24.8 Å². The molecule has 1 fully saturated rings. The van der Waals surface area contributed by atoms with Crippen LogP contribution in [0, 0.1) is 5.92 Å². The minimum absolute atomic E-state index is 0. The van der Waals surface area contributed by atoms with E-state index in [1.165, 1.54) is 5.56 Å². The van der Waals surface area contributed by atoms with Crippen molar-refractivity contribution < 1.29 is 4.79 Å². The van der Waals surface area contributed by atoms with Crippen LogP contribution in [0.4, 0.5) is 0 Å². The highest BCUT2D eigenvalue weighted by Gasteiger charge is 2.24. The normalized spacial score (nSPS) is 19.2. The Bertz CT molecular complexity index is 417. The Hall–Kier alpha value is -0.810. The maximum Gasteiger partial charge on any atom is 0.224 e. The molecule has 2 unspecified atom stereocenters. The summed E-state index contributed by atoms with van der Waals surface area (Å²) in [6.07, 6.45) is 1.02. The fourth-order valence-corrected chi connectivity index (χ4v) is 2.39. The van der Waals surface area contributed by atoms with Gasteiger partial charge in [-0.25, -0.2) is 0 Å². The van der Waals surface area contributed by atoms with Crippen LogP contribution < -0.4 is 11.1 Å². The van der Waals surface area contributed by atoms with Crippen molar-refractivity contribution in [3.8, 4) is 0 Å². The number of rotatable bonds is 5. The molecule has 1 aliphatic heterocycles. The summed E-state index contributed by atoms with van der Waals surface area (Å²) >= 11 is 0. The average Bonchev–Trinajstić information content (AvgIpc) is 2.86. The molecule has 0 radical (unpaired) electrons. The number of likely N-dealkylation sites (tertiary alicyclic amines) is 1. The van der Waals surface area contributed by atoms with Gasteiger partial charge in [0.15, 0.2) is 0 Å². The summed E-state index contributed by atoms with van der Waals surface area (Å²) in [4.78, 5) is 14.2. The molecule has 0 spiro atoms. The highest BCUT2D eigenvalue weighted by molar-refractivity contribution is 5.85. The Morgan fingerprint density at radius 3 is 2.67 bits per heavy atom. The number of benzene rings is 1. The van der Waals surface area contributed by atoms with Crippen LogP contribution in [0.5, 0.6) is 0 Å². The van der Waals surface area contributed by atoms with Crippen molar-refractivity contribution in [1.29, 1.82) is 0 Å². The minimum atomic E-state index is -0.0943. The lowest BCUT2D eigenvalue weighted by atomic mass is 10.1. The average molecular weight is 334 g/mol. The fraction of sp³-hybridized carbons (Fsp3) is 0.533. The van der Waals surface area contributed by atoms with Gasteiger partial charge in [0, 0.05) is 38.1 Å². The van der Waals surface area contributed by atoms with Crippen LogP contribution >= 0.6 is 24.8 Å². The largest absolute Gasteiger partial charge is 0.352 e. The van der Waals surface area contributed by atoms with Crippen LogP contribution in [0.1, 0.15) is 18.9 Å². The van der Waals surface area contributed by atoms with Gasteiger partial charge in [0.05, 0.1) is 0 Å². The van der Waals surface area contributed by atoms with Crippen LogP contribution in [-0.2, 0) is 11.3 Å². The zero-order valence-corrected chi connectivity index (χ0v) is 14.0. The summed E-state index contributed by atoms with van der Waals surface area (Å²) in [6, 6.07) is 10.7. The first-order chi connectivity index (χ1) is 9.19.